The van der Waals surface area contributed by atoms with E-state index in [2.05, 4.69) is 4.98 Å². The van der Waals surface area contributed by atoms with E-state index in [1.165, 1.54) is 0 Å². The average Bonchev–Trinajstić information content (AvgIpc) is 3.12. The number of aromatic nitrogens is 2. The molecule has 0 aliphatic carbocycles. The fraction of sp³-hybridized carbons (Fsp3) is 0.286. The van der Waals surface area contributed by atoms with E-state index in [1.54, 1.807) is 23.2 Å². The molecule has 4 heterocycles. The summed E-state index contributed by atoms with van der Waals surface area (Å²) < 4.78 is 1.82. The van der Waals surface area contributed by atoms with Gasteiger partial charge in [-0.3, -0.25) is 14.4 Å². The normalized spacial score (nSPS) is 21.1. The molecule has 5 rings (SSSR count). The van der Waals surface area contributed by atoms with Gasteiger partial charge in [-0.15, -0.1) is 0 Å². The van der Waals surface area contributed by atoms with E-state index in [-0.39, 0.29) is 17.4 Å². The molecule has 0 spiro atoms. The minimum atomic E-state index is -0.474. The Morgan fingerprint density at radius 2 is 1.85 bits per heavy atom. The molecule has 6 heteroatoms. The quantitative estimate of drug-likeness (QED) is 0.561. The zero-order valence-electron chi connectivity index (χ0n) is 14.7. The summed E-state index contributed by atoms with van der Waals surface area (Å²) in [5.41, 5.74) is 2.24. The van der Waals surface area contributed by atoms with Crippen LogP contribution in [0.1, 0.15) is 28.4 Å². The van der Waals surface area contributed by atoms with E-state index >= 15 is 0 Å². The Morgan fingerprint density at radius 3 is 2.74 bits per heavy atom. The third kappa shape index (κ3) is 2.51. The number of benzene rings is 1. The average molecular weight is 361 g/mol. The van der Waals surface area contributed by atoms with Gasteiger partial charge >= 0.3 is 0 Å². The third-order valence-electron chi connectivity index (χ3n) is 5.80. The van der Waals surface area contributed by atoms with Crippen LogP contribution in [0.5, 0.6) is 0 Å². The molecular formula is C21H19N3O3. The Labute approximate surface area is 155 Å². The van der Waals surface area contributed by atoms with Gasteiger partial charge in [-0.25, -0.2) is 0 Å². The maximum atomic E-state index is 12.9. The molecule has 0 saturated carbocycles. The number of piperidine rings is 1. The lowest BCUT2D eigenvalue weighted by Gasteiger charge is -2.42. The van der Waals surface area contributed by atoms with Gasteiger partial charge in [0.25, 0.3) is 17.2 Å². The Hall–Kier alpha value is -3.15. The molecule has 6 nitrogen and oxygen atoms in total. The molecule has 1 saturated heterocycles. The first-order chi connectivity index (χ1) is 13.1. The largest absolute Gasteiger partial charge is 0.360 e. The van der Waals surface area contributed by atoms with Crippen molar-refractivity contribution in [3.8, 4) is 0 Å². The Balaban J connectivity index is 1.44. The lowest BCUT2D eigenvalue weighted by atomic mass is 9.83. The molecule has 0 radical (unpaired) electrons. The standard InChI is InChI=1S/C21H19N3O3/c25-19-7-3-6-18-14-8-13(11-24(18)19)10-23(12-14)21(27)20(26)16-9-22-17-5-2-1-4-15(16)17/h1-7,9,13-14,22H,8,10-12H2/t13-,14+/m0/s1. The molecule has 3 aromatic rings. The van der Waals surface area contributed by atoms with Gasteiger partial charge in [-0.05, 0) is 24.5 Å². The number of H-pyrrole nitrogens is 1. The van der Waals surface area contributed by atoms with Crippen LogP contribution in [0.25, 0.3) is 10.9 Å². The van der Waals surface area contributed by atoms with Crippen molar-refractivity contribution in [2.75, 3.05) is 13.1 Å². The van der Waals surface area contributed by atoms with Crippen molar-refractivity contribution >= 4 is 22.6 Å². The molecule has 27 heavy (non-hydrogen) atoms. The highest BCUT2D eigenvalue weighted by atomic mass is 16.2. The number of ketones is 1. The number of carbonyl (C=O) groups is 2. The van der Waals surface area contributed by atoms with Crippen molar-refractivity contribution in [3.05, 3.63) is 70.3 Å². The fourth-order valence-electron chi connectivity index (χ4n) is 4.58. The summed E-state index contributed by atoms with van der Waals surface area (Å²) >= 11 is 0. The molecule has 2 aliphatic heterocycles. The molecular weight excluding hydrogens is 342 g/mol. The monoisotopic (exact) mass is 361 g/mol. The third-order valence-corrected chi connectivity index (χ3v) is 5.80. The molecule has 2 aromatic heterocycles. The number of amides is 1. The molecule has 0 unspecified atom stereocenters. The Morgan fingerprint density at radius 1 is 1.00 bits per heavy atom. The van der Waals surface area contributed by atoms with Crippen molar-refractivity contribution in [3.63, 3.8) is 0 Å². The smallest absolute Gasteiger partial charge is 0.295 e. The van der Waals surface area contributed by atoms with Crippen LogP contribution in [0.2, 0.25) is 0 Å². The summed E-state index contributed by atoms with van der Waals surface area (Å²) in [4.78, 5) is 42.7. The van der Waals surface area contributed by atoms with Crippen molar-refractivity contribution in [1.29, 1.82) is 0 Å². The highest BCUT2D eigenvalue weighted by molar-refractivity contribution is 6.44. The zero-order chi connectivity index (χ0) is 18.5. The van der Waals surface area contributed by atoms with Crippen LogP contribution >= 0.6 is 0 Å². The highest BCUT2D eigenvalue weighted by Gasteiger charge is 2.38. The second kappa shape index (κ2) is 5.94. The highest BCUT2D eigenvalue weighted by Crippen LogP contribution is 2.35. The van der Waals surface area contributed by atoms with Gasteiger partial charge in [0, 0.05) is 54.4 Å². The van der Waals surface area contributed by atoms with E-state index in [4.69, 9.17) is 0 Å². The van der Waals surface area contributed by atoms with Crippen LogP contribution in [0, 0.1) is 5.92 Å². The number of likely N-dealkylation sites (tertiary alicyclic amines) is 1. The van der Waals surface area contributed by atoms with Crippen LogP contribution in [0.3, 0.4) is 0 Å². The topological polar surface area (TPSA) is 75.2 Å². The number of hydrogen-bond acceptors (Lipinski definition) is 3. The van der Waals surface area contributed by atoms with E-state index in [0.29, 0.717) is 25.2 Å². The fourth-order valence-corrected chi connectivity index (χ4v) is 4.58. The van der Waals surface area contributed by atoms with Gasteiger partial charge in [0.15, 0.2) is 0 Å². The van der Waals surface area contributed by atoms with E-state index < -0.39 is 11.7 Å². The number of aromatic amines is 1. The number of pyridine rings is 1. The summed E-state index contributed by atoms with van der Waals surface area (Å²) in [6, 6.07) is 12.8. The first-order valence-corrected chi connectivity index (χ1v) is 9.21. The van der Waals surface area contributed by atoms with Gasteiger partial charge in [0.2, 0.25) is 0 Å². The van der Waals surface area contributed by atoms with Crippen LogP contribution < -0.4 is 5.56 Å². The summed E-state index contributed by atoms with van der Waals surface area (Å²) in [7, 11) is 0. The van der Waals surface area contributed by atoms with Crippen LogP contribution in [0.15, 0.2) is 53.5 Å². The summed E-state index contributed by atoms with van der Waals surface area (Å²) in [6.45, 7) is 1.60. The SMILES string of the molecule is O=C(C(=O)N1C[C@@H]2C[C@H](C1)c1cccc(=O)n1C2)c1c[nH]c2ccccc12. The van der Waals surface area contributed by atoms with Gasteiger partial charge in [0.05, 0.1) is 5.56 Å². The number of carbonyl (C=O) groups excluding carboxylic acids is 2. The van der Waals surface area contributed by atoms with Crippen LogP contribution in [-0.4, -0.2) is 39.2 Å². The predicted octanol–water partition coefficient (Wildman–Crippen LogP) is 2.16. The minimum Gasteiger partial charge on any atom is -0.360 e. The van der Waals surface area contributed by atoms with Crippen molar-refractivity contribution in [1.82, 2.24) is 14.5 Å². The van der Waals surface area contributed by atoms with E-state index in [0.717, 1.165) is 23.0 Å². The second-order valence-electron chi connectivity index (χ2n) is 7.49. The van der Waals surface area contributed by atoms with Gasteiger partial charge in [-0.1, -0.05) is 24.3 Å². The molecule has 2 aliphatic rings. The summed E-state index contributed by atoms with van der Waals surface area (Å²) in [5.74, 6) is -0.624. The first kappa shape index (κ1) is 16.1. The number of nitrogens with one attached hydrogen (secondary N) is 1. The van der Waals surface area contributed by atoms with E-state index in [1.807, 2.05) is 34.9 Å². The predicted molar refractivity (Wildman–Crippen MR) is 101 cm³/mol. The lowest BCUT2D eigenvalue weighted by Crippen LogP contribution is -2.50. The maximum Gasteiger partial charge on any atom is 0.295 e. The maximum absolute atomic E-state index is 12.9. The number of Topliss-reactive ketones (excluding diaryl/α,β-unsaturated/α-hetero) is 1. The number of para-hydroxylation sites is 1. The first-order valence-electron chi connectivity index (χ1n) is 9.21. The number of nitrogens with zero attached hydrogens (tertiary/aromatic N) is 2. The van der Waals surface area contributed by atoms with Crippen molar-refractivity contribution < 1.29 is 9.59 Å². The second-order valence-corrected chi connectivity index (χ2v) is 7.49. The molecule has 1 N–H and O–H groups in total. The molecule has 1 aromatic carbocycles. The lowest BCUT2D eigenvalue weighted by molar-refractivity contribution is -0.129. The summed E-state index contributed by atoms with van der Waals surface area (Å²) in [6.07, 6.45) is 2.57. The summed E-state index contributed by atoms with van der Waals surface area (Å²) in [5, 5.41) is 0.768. The molecule has 1 amide bonds. The Bertz CT molecular complexity index is 1130. The number of fused-ring (bicyclic) bond motifs is 5. The van der Waals surface area contributed by atoms with Gasteiger partial charge in [0.1, 0.15) is 0 Å². The molecule has 2 atom stereocenters. The van der Waals surface area contributed by atoms with Crippen molar-refractivity contribution in [2.24, 2.45) is 5.92 Å². The molecule has 2 bridgehead atoms. The van der Waals surface area contributed by atoms with Gasteiger partial charge < -0.3 is 14.5 Å². The van der Waals surface area contributed by atoms with E-state index in [9.17, 15) is 14.4 Å². The Kier molecular flexibility index (Phi) is 3.53. The van der Waals surface area contributed by atoms with Gasteiger partial charge in [-0.2, -0.15) is 0 Å². The molecule has 1 fully saturated rings. The number of rotatable bonds is 2. The minimum absolute atomic E-state index is 0.0110. The van der Waals surface area contributed by atoms with Crippen LogP contribution in [-0.2, 0) is 11.3 Å². The zero-order valence-corrected chi connectivity index (χ0v) is 14.7. The van der Waals surface area contributed by atoms with Crippen molar-refractivity contribution in [2.45, 2.75) is 18.9 Å². The number of hydrogen-bond donors (Lipinski definition) is 1. The molecule has 136 valence electrons. The van der Waals surface area contributed by atoms with Crippen LogP contribution in [0.4, 0.5) is 0 Å².